The quantitative estimate of drug-likeness (QED) is 0.724. The Labute approximate surface area is 151 Å². The lowest BCUT2D eigenvalue weighted by atomic mass is 10.1. The Bertz CT molecular complexity index is 577. The molecule has 2 rings (SSSR count). The number of carbonyl (C=O) groups excluding carboxylic acids is 1. The second-order valence-corrected chi connectivity index (χ2v) is 7.74. The molecule has 0 spiro atoms. The van der Waals surface area contributed by atoms with Gasteiger partial charge in [0.05, 0.1) is 7.11 Å². The molecule has 0 saturated heterocycles. The van der Waals surface area contributed by atoms with Gasteiger partial charge in [0.15, 0.2) is 0 Å². The number of nitrogens with zero attached hydrogens (tertiary/aromatic N) is 1. The van der Waals surface area contributed by atoms with E-state index in [0.29, 0.717) is 6.04 Å². The van der Waals surface area contributed by atoms with Crippen molar-refractivity contribution in [3.63, 3.8) is 0 Å². The highest BCUT2D eigenvalue weighted by Crippen LogP contribution is 2.28. The summed E-state index contributed by atoms with van der Waals surface area (Å²) in [6, 6.07) is 6.60. The van der Waals surface area contributed by atoms with Gasteiger partial charge in [-0.2, -0.15) is 0 Å². The van der Waals surface area contributed by atoms with E-state index in [9.17, 15) is 4.79 Å². The molecule has 140 valence electrons. The smallest absolute Gasteiger partial charge is 0.410 e. The highest BCUT2D eigenvalue weighted by atomic mass is 16.6. The minimum atomic E-state index is -0.436. The van der Waals surface area contributed by atoms with Crippen molar-refractivity contribution in [2.75, 3.05) is 20.2 Å². The lowest BCUT2D eigenvalue weighted by Crippen LogP contribution is -2.39. The number of amides is 1. The van der Waals surface area contributed by atoms with Crippen molar-refractivity contribution in [1.82, 2.24) is 10.2 Å². The number of ether oxygens (including phenoxy) is 2. The Hall–Kier alpha value is -1.75. The first kappa shape index (κ1) is 19.6. The van der Waals surface area contributed by atoms with Crippen molar-refractivity contribution in [2.45, 2.75) is 65.1 Å². The van der Waals surface area contributed by atoms with Crippen molar-refractivity contribution >= 4 is 6.09 Å². The molecular formula is C20H32N2O3. The van der Waals surface area contributed by atoms with Crippen molar-refractivity contribution < 1.29 is 14.3 Å². The fourth-order valence-electron chi connectivity index (χ4n) is 2.79. The van der Waals surface area contributed by atoms with Gasteiger partial charge in [0.25, 0.3) is 0 Å². The molecule has 1 aromatic carbocycles. The Kier molecular flexibility index (Phi) is 6.71. The molecule has 0 radical (unpaired) electrons. The molecule has 1 fully saturated rings. The van der Waals surface area contributed by atoms with E-state index in [1.807, 2.05) is 31.7 Å². The number of benzene rings is 1. The minimum absolute atomic E-state index is 0.180. The second kappa shape index (κ2) is 8.56. The van der Waals surface area contributed by atoms with Crippen molar-refractivity contribution in [3.05, 3.63) is 29.3 Å². The summed E-state index contributed by atoms with van der Waals surface area (Å²) in [6.07, 6.45) is 2.93. The summed E-state index contributed by atoms with van der Waals surface area (Å²) in [5.74, 6) is 0.918. The number of nitrogens with one attached hydrogen (secondary N) is 1. The molecule has 0 aromatic heterocycles. The first-order chi connectivity index (χ1) is 11.8. The summed E-state index contributed by atoms with van der Waals surface area (Å²) in [5, 5.41) is 3.45. The van der Waals surface area contributed by atoms with Crippen LogP contribution >= 0.6 is 0 Å². The zero-order valence-corrected chi connectivity index (χ0v) is 16.2. The topological polar surface area (TPSA) is 50.8 Å². The first-order valence-corrected chi connectivity index (χ1v) is 9.14. The van der Waals surface area contributed by atoms with Gasteiger partial charge in [-0.15, -0.1) is 0 Å². The molecule has 0 heterocycles. The van der Waals surface area contributed by atoms with Gasteiger partial charge in [-0.25, -0.2) is 4.79 Å². The van der Waals surface area contributed by atoms with E-state index >= 15 is 0 Å². The van der Waals surface area contributed by atoms with Crippen LogP contribution in [0.2, 0.25) is 0 Å². The third-order valence-corrected chi connectivity index (χ3v) is 4.16. The van der Waals surface area contributed by atoms with E-state index in [-0.39, 0.29) is 6.09 Å². The molecule has 5 nitrogen and oxygen atoms in total. The molecule has 1 aromatic rings. The van der Waals surface area contributed by atoms with Crippen LogP contribution in [-0.4, -0.2) is 42.8 Å². The maximum absolute atomic E-state index is 12.3. The number of rotatable bonds is 8. The summed E-state index contributed by atoms with van der Waals surface area (Å²) in [7, 11) is 1.69. The molecule has 1 aliphatic rings. The highest BCUT2D eigenvalue weighted by molar-refractivity contribution is 5.69. The summed E-state index contributed by atoms with van der Waals surface area (Å²) in [4.78, 5) is 14.2. The lowest BCUT2D eigenvalue weighted by molar-refractivity contribution is 0.0232. The molecule has 1 N–H and O–H groups in total. The van der Waals surface area contributed by atoms with E-state index in [1.165, 1.54) is 5.56 Å². The van der Waals surface area contributed by atoms with Crippen LogP contribution in [0.15, 0.2) is 18.2 Å². The largest absolute Gasteiger partial charge is 0.496 e. The molecule has 0 unspecified atom stereocenters. The van der Waals surface area contributed by atoms with Gasteiger partial charge in [0.1, 0.15) is 11.4 Å². The van der Waals surface area contributed by atoms with E-state index in [4.69, 9.17) is 9.47 Å². The number of aryl methyl sites for hydroxylation is 1. The highest BCUT2D eigenvalue weighted by Gasteiger charge is 2.34. The fourth-order valence-corrected chi connectivity index (χ4v) is 2.79. The van der Waals surface area contributed by atoms with Gasteiger partial charge in [-0.1, -0.05) is 12.1 Å². The van der Waals surface area contributed by atoms with Crippen LogP contribution in [0.3, 0.4) is 0 Å². The van der Waals surface area contributed by atoms with Crippen LogP contribution in [0, 0.1) is 6.92 Å². The molecule has 0 atom stereocenters. The average molecular weight is 348 g/mol. The third-order valence-electron chi connectivity index (χ3n) is 4.16. The van der Waals surface area contributed by atoms with Crippen LogP contribution < -0.4 is 10.1 Å². The molecule has 1 aliphatic carbocycles. The Morgan fingerprint density at radius 2 is 2.04 bits per heavy atom. The maximum atomic E-state index is 12.3. The number of methoxy groups -OCH3 is 1. The summed E-state index contributed by atoms with van der Waals surface area (Å²) < 4.78 is 10.8. The number of carbonyl (C=O) groups is 1. The van der Waals surface area contributed by atoms with Gasteiger partial charge < -0.3 is 19.7 Å². The van der Waals surface area contributed by atoms with Crippen LogP contribution in [0.4, 0.5) is 4.79 Å². The van der Waals surface area contributed by atoms with E-state index in [1.54, 1.807) is 7.11 Å². The van der Waals surface area contributed by atoms with Crippen LogP contribution in [0.25, 0.3) is 0 Å². The number of hydrogen-bond donors (Lipinski definition) is 1. The molecular weight excluding hydrogens is 316 g/mol. The van der Waals surface area contributed by atoms with Crippen LogP contribution in [0.5, 0.6) is 5.75 Å². The molecule has 1 saturated carbocycles. The number of hydrogen-bond acceptors (Lipinski definition) is 4. The predicted molar refractivity (Wildman–Crippen MR) is 100 cm³/mol. The van der Waals surface area contributed by atoms with Crippen LogP contribution in [-0.2, 0) is 11.3 Å². The normalized spacial score (nSPS) is 14.3. The summed E-state index contributed by atoms with van der Waals surface area (Å²) in [6.45, 7) is 10.2. The Balaban J connectivity index is 1.72. The predicted octanol–water partition coefficient (Wildman–Crippen LogP) is 3.88. The van der Waals surface area contributed by atoms with Crippen molar-refractivity contribution in [1.29, 1.82) is 0 Å². The summed E-state index contributed by atoms with van der Waals surface area (Å²) >= 11 is 0. The zero-order chi connectivity index (χ0) is 18.4. The molecule has 0 aliphatic heterocycles. The molecule has 0 bridgehead atoms. The second-order valence-electron chi connectivity index (χ2n) is 7.74. The van der Waals surface area contributed by atoms with E-state index in [2.05, 4.69) is 24.4 Å². The fraction of sp³-hybridized carbons (Fsp3) is 0.650. The van der Waals surface area contributed by atoms with Crippen molar-refractivity contribution in [2.24, 2.45) is 0 Å². The van der Waals surface area contributed by atoms with Gasteiger partial charge in [0, 0.05) is 19.1 Å². The average Bonchev–Trinajstić information content (AvgIpc) is 3.33. The zero-order valence-electron chi connectivity index (χ0n) is 16.2. The standard InChI is InChI=1S/C20H32N2O3/c1-15-13-16(7-10-18(15)24-5)14-21-11-6-12-22(17-8-9-17)19(23)25-20(2,3)4/h7,10,13,17,21H,6,8-9,11-12,14H2,1-5H3. The third kappa shape index (κ3) is 6.58. The maximum Gasteiger partial charge on any atom is 0.410 e. The van der Waals surface area contributed by atoms with E-state index < -0.39 is 5.60 Å². The van der Waals surface area contributed by atoms with Gasteiger partial charge in [0.2, 0.25) is 0 Å². The van der Waals surface area contributed by atoms with Gasteiger partial charge in [-0.05, 0) is 70.7 Å². The lowest BCUT2D eigenvalue weighted by Gasteiger charge is -2.27. The Morgan fingerprint density at radius 1 is 1.32 bits per heavy atom. The molecule has 5 heteroatoms. The minimum Gasteiger partial charge on any atom is -0.496 e. The SMILES string of the molecule is COc1ccc(CNCCCN(C(=O)OC(C)(C)C)C2CC2)cc1C. The van der Waals surface area contributed by atoms with Gasteiger partial charge >= 0.3 is 6.09 Å². The van der Waals surface area contributed by atoms with Gasteiger partial charge in [-0.3, -0.25) is 0 Å². The van der Waals surface area contributed by atoms with Crippen molar-refractivity contribution in [3.8, 4) is 5.75 Å². The Morgan fingerprint density at radius 3 is 2.60 bits per heavy atom. The van der Waals surface area contributed by atoms with Crippen LogP contribution in [0.1, 0.15) is 51.2 Å². The van der Waals surface area contributed by atoms with E-state index in [0.717, 1.165) is 50.2 Å². The molecule has 25 heavy (non-hydrogen) atoms. The summed E-state index contributed by atoms with van der Waals surface area (Å²) in [5.41, 5.74) is 1.95. The monoisotopic (exact) mass is 348 g/mol. The first-order valence-electron chi connectivity index (χ1n) is 9.14. The molecule has 1 amide bonds.